The van der Waals surface area contributed by atoms with Crippen LogP contribution in [0.15, 0.2) is 48.6 Å². The van der Waals surface area contributed by atoms with Gasteiger partial charge in [0.1, 0.15) is 48.8 Å². The minimum absolute atomic E-state index is 0.230. The fraction of sp³-hybridized carbons (Fsp3) is 0.902. The highest BCUT2D eigenvalue weighted by Crippen LogP contribution is 2.31. The van der Waals surface area contributed by atoms with Gasteiger partial charge in [-0.2, -0.15) is 0 Å². The van der Waals surface area contributed by atoms with Crippen molar-refractivity contribution in [1.29, 1.82) is 0 Å². The standard InChI is InChI=1S/C92H173NO13/c1-3-5-7-9-11-13-15-17-19-21-23-25-27-29-31-33-35-37-38-39-40-41-42-44-46-48-50-52-54-56-58-60-62-64-66-68-70-72-74-76-84(97)93-80(79-103-91-89(102)87(100)90(83(78-95)105-91)106-92-88(101)86(99)85(98)82(77-94)104-92)81(96)75-73-71-69-67-65-63-61-59-57-55-53-51-49-47-45-43-36-34-32-30-28-26-24-22-20-18-16-14-12-10-8-6-4-2/h15,17,21,23,27,29,73,75,80-83,85-92,94-96,98-102H,3-14,16,18-20,22,24-26,28,30-72,74,76-79H2,1-2H3,(H,93,97)/b17-15-,23-21-,29-27-,75-73+. The van der Waals surface area contributed by atoms with Crippen LogP contribution in [0, 0.1) is 0 Å². The molecule has 0 aliphatic carbocycles. The van der Waals surface area contributed by atoms with E-state index in [1.165, 1.54) is 360 Å². The Hall–Kier alpha value is -2.05. The summed E-state index contributed by atoms with van der Waals surface area (Å²) in [6.45, 7) is 2.86. The first-order chi connectivity index (χ1) is 52.1. The zero-order chi connectivity index (χ0) is 76.5. The van der Waals surface area contributed by atoms with E-state index in [2.05, 4.69) is 55.6 Å². The number of rotatable bonds is 79. The summed E-state index contributed by atoms with van der Waals surface area (Å²) in [5.74, 6) is -0.230. The molecule has 14 heteroatoms. The number of hydrogen-bond donors (Lipinski definition) is 9. The smallest absolute Gasteiger partial charge is 0.220 e. The van der Waals surface area contributed by atoms with Gasteiger partial charge >= 0.3 is 0 Å². The monoisotopic (exact) mass is 1500 g/mol. The van der Waals surface area contributed by atoms with E-state index in [1.54, 1.807) is 6.08 Å². The molecule has 106 heavy (non-hydrogen) atoms. The average Bonchev–Trinajstić information content (AvgIpc) is 0.789. The molecule has 1 amide bonds. The fourth-order valence-corrected chi connectivity index (χ4v) is 15.3. The molecule has 0 aromatic heterocycles. The number of amides is 1. The maximum Gasteiger partial charge on any atom is 0.220 e. The lowest BCUT2D eigenvalue weighted by Crippen LogP contribution is -2.65. The largest absolute Gasteiger partial charge is 0.394 e. The third-order valence-electron chi connectivity index (χ3n) is 22.5. The summed E-state index contributed by atoms with van der Waals surface area (Å²) < 4.78 is 23.0. The van der Waals surface area contributed by atoms with Crippen LogP contribution < -0.4 is 5.32 Å². The zero-order valence-corrected chi connectivity index (χ0v) is 69.0. The van der Waals surface area contributed by atoms with E-state index in [0.29, 0.717) is 6.42 Å². The van der Waals surface area contributed by atoms with Crippen LogP contribution in [0.4, 0.5) is 0 Å². The van der Waals surface area contributed by atoms with Gasteiger partial charge in [-0.05, 0) is 57.8 Å². The molecule has 2 saturated heterocycles. The quantitative estimate of drug-likeness (QED) is 0.0204. The van der Waals surface area contributed by atoms with Crippen LogP contribution in [0.5, 0.6) is 0 Å². The summed E-state index contributed by atoms with van der Waals surface area (Å²) in [4.78, 5) is 13.4. The maximum absolute atomic E-state index is 13.4. The van der Waals surface area contributed by atoms with E-state index in [4.69, 9.17) is 18.9 Å². The Morgan fingerprint density at radius 3 is 0.953 bits per heavy atom. The summed E-state index contributed by atoms with van der Waals surface area (Å²) in [6.07, 6.45) is 86.6. The highest BCUT2D eigenvalue weighted by atomic mass is 16.7. The molecule has 624 valence electrons. The van der Waals surface area contributed by atoms with Crippen LogP contribution in [0.25, 0.3) is 0 Å². The Morgan fingerprint density at radius 2 is 0.623 bits per heavy atom. The van der Waals surface area contributed by atoms with Crippen LogP contribution in [0.2, 0.25) is 0 Å². The van der Waals surface area contributed by atoms with Crippen molar-refractivity contribution in [3.63, 3.8) is 0 Å². The van der Waals surface area contributed by atoms with Gasteiger partial charge in [0.2, 0.25) is 5.91 Å². The number of nitrogens with one attached hydrogen (secondary N) is 1. The maximum atomic E-state index is 13.4. The van der Waals surface area contributed by atoms with Crippen LogP contribution in [0.3, 0.4) is 0 Å². The predicted molar refractivity (Wildman–Crippen MR) is 443 cm³/mol. The van der Waals surface area contributed by atoms with E-state index in [1.807, 2.05) is 6.08 Å². The van der Waals surface area contributed by atoms with Crippen molar-refractivity contribution in [1.82, 2.24) is 5.32 Å². The summed E-state index contributed by atoms with van der Waals surface area (Å²) in [5.41, 5.74) is 0. The van der Waals surface area contributed by atoms with E-state index in [0.717, 1.165) is 51.4 Å². The van der Waals surface area contributed by atoms with Gasteiger partial charge in [-0.3, -0.25) is 4.79 Å². The number of hydrogen-bond acceptors (Lipinski definition) is 13. The minimum Gasteiger partial charge on any atom is -0.394 e. The minimum atomic E-state index is -1.79. The Morgan fingerprint density at radius 1 is 0.340 bits per heavy atom. The number of carbonyl (C=O) groups is 1. The molecule has 2 heterocycles. The third kappa shape index (κ3) is 57.0. The van der Waals surface area contributed by atoms with Crippen molar-refractivity contribution in [3.8, 4) is 0 Å². The highest BCUT2D eigenvalue weighted by molar-refractivity contribution is 5.76. The van der Waals surface area contributed by atoms with Crippen LogP contribution in [-0.4, -0.2) is 140 Å². The average molecular weight is 1500 g/mol. The Labute approximate surface area is 652 Å². The van der Waals surface area contributed by atoms with Crippen molar-refractivity contribution >= 4 is 5.91 Å². The number of unbranched alkanes of at least 4 members (excludes halogenated alkanes) is 60. The topological polar surface area (TPSA) is 228 Å². The summed E-state index contributed by atoms with van der Waals surface area (Å²) in [7, 11) is 0. The van der Waals surface area contributed by atoms with Gasteiger partial charge in [-0.1, -0.05) is 422 Å². The Bertz CT molecular complexity index is 1970. The normalized spacial score (nSPS) is 21.5. The predicted octanol–water partition coefficient (Wildman–Crippen LogP) is 22.5. The molecular formula is C92H173NO13. The molecule has 0 radical (unpaired) electrons. The molecule has 2 fully saturated rings. The van der Waals surface area contributed by atoms with Crippen molar-refractivity contribution in [2.24, 2.45) is 0 Å². The second-order valence-electron chi connectivity index (χ2n) is 32.4. The molecule has 12 atom stereocenters. The molecule has 0 bridgehead atoms. The van der Waals surface area contributed by atoms with E-state index in [-0.39, 0.29) is 18.9 Å². The zero-order valence-electron chi connectivity index (χ0n) is 69.0. The molecule has 0 aromatic carbocycles. The fourth-order valence-electron chi connectivity index (χ4n) is 15.3. The molecular weight excluding hydrogens is 1330 g/mol. The molecule has 9 N–H and O–H groups in total. The van der Waals surface area contributed by atoms with E-state index in [9.17, 15) is 45.6 Å². The number of carbonyl (C=O) groups excluding carboxylic acids is 1. The number of aliphatic hydroxyl groups excluding tert-OH is 8. The van der Waals surface area contributed by atoms with Gasteiger partial charge in [0.05, 0.1) is 32.0 Å². The van der Waals surface area contributed by atoms with Crippen molar-refractivity contribution < 1.29 is 64.6 Å². The lowest BCUT2D eigenvalue weighted by molar-refractivity contribution is -0.359. The first-order valence-electron chi connectivity index (χ1n) is 45.9. The Kier molecular flexibility index (Phi) is 71.4. The second kappa shape index (κ2) is 75.6. The van der Waals surface area contributed by atoms with Gasteiger partial charge in [0, 0.05) is 6.42 Å². The van der Waals surface area contributed by atoms with Crippen LogP contribution in [-0.2, 0) is 23.7 Å². The second-order valence-corrected chi connectivity index (χ2v) is 32.4. The molecule has 2 aliphatic heterocycles. The van der Waals surface area contributed by atoms with Gasteiger partial charge < -0.3 is 65.1 Å². The number of aliphatic hydroxyl groups is 8. The van der Waals surface area contributed by atoms with Crippen molar-refractivity contribution in [2.75, 3.05) is 19.8 Å². The van der Waals surface area contributed by atoms with E-state index >= 15 is 0 Å². The van der Waals surface area contributed by atoms with Gasteiger partial charge in [-0.15, -0.1) is 0 Å². The Balaban J connectivity index is 1.55. The molecule has 0 aromatic rings. The lowest BCUT2D eigenvalue weighted by Gasteiger charge is -2.46. The van der Waals surface area contributed by atoms with Gasteiger partial charge in [0.25, 0.3) is 0 Å². The lowest BCUT2D eigenvalue weighted by atomic mass is 9.97. The van der Waals surface area contributed by atoms with Gasteiger partial charge in [0.15, 0.2) is 12.6 Å². The third-order valence-corrected chi connectivity index (χ3v) is 22.5. The number of ether oxygens (including phenoxy) is 4. The van der Waals surface area contributed by atoms with Gasteiger partial charge in [-0.25, -0.2) is 0 Å². The molecule has 2 aliphatic rings. The van der Waals surface area contributed by atoms with Crippen LogP contribution in [0.1, 0.15) is 438 Å². The summed E-state index contributed by atoms with van der Waals surface area (Å²) >= 11 is 0. The molecule has 12 unspecified atom stereocenters. The van der Waals surface area contributed by atoms with Crippen molar-refractivity contribution in [2.45, 2.75) is 511 Å². The molecule has 0 saturated carbocycles. The summed E-state index contributed by atoms with van der Waals surface area (Å²) in [5, 5.41) is 87.9. The molecule has 14 nitrogen and oxygen atoms in total. The number of allylic oxidation sites excluding steroid dienone is 7. The van der Waals surface area contributed by atoms with Crippen LogP contribution >= 0.6 is 0 Å². The SMILES string of the molecule is CCCCCCC/C=C\C/C=C\C/C=C\CCCCCCCCCCCCCCCCCCCCCCCCCCC(=O)NC(COC1OC(CO)C(OC2OC(CO)C(O)C(O)C2O)C(O)C1O)C(O)/C=C/CCCCCCCCCCCCCCCCCCCCCCCCCCCCCCCCC. The first-order valence-corrected chi connectivity index (χ1v) is 45.9. The molecule has 2 rings (SSSR count). The molecule has 0 spiro atoms. The first kappa shape index (κ1) is 100. The highest BCUT2D eigenvalue weighted by Gasteiger charge is 2.51. The van der Waals surface area contributed by atoms with Crippen molar-refractivity contribution in [3.05, 3.63) is 48.6 Å². The summed E-state index contributed by atoms with van der Waals surface area (Å²) in [6, 6.07) is -0.916. The van der Waals surface area contributed by atoms with E-state index < -0.39 is 86.8 Å².